The van der Waals surface area contributed by atoms with Crippen LogP contribution in [0.1, 0.15) is 29.7 Å². The molecule has 1 aliphatic rings. The van der Waals surface area contributed by atoms with Gasteiger partial charge in [-0.2, -0.15) is 0 Å². The van der Waals surface area contributed by atoms with Gasteiger partial charge >= 0.3 is 0 Å². The Morgan fingerprint density at radius 1 is 1.12 bits per heavy atom. The second-order valence-corrected chi connectivity index (χ2v) is 7.05. The van der Waals surface area contributed by atoms with Gasteiger partial charge in [0.05, 0.1) is 10.3 Å². The highest BCUT2D eigenvalue weighted by Crippen LogP contribution is 2.33. The Labute approximate surface area is 141 Å². The van der Waals surface area contributed by atoms with Crippen molar-refractivity contribution in [2.24, 2.45) is 0 Å². The van der Waals surface area contributed by atoms with Crippen molar-refractivity contribution in [2.45, 2.75) is 32.1 Å². The topological polar surface area (TPSA) is 88.9 Å². The number of hydrogen-bond acceptors (Lipinski definition) is 5. The third kappa shape index (κ3) is 2.50. The molecule has 7 heteroatoms. The first-order valence-corrected chi connectivity index (χ1v) is 8.74. The monoisotopic (exact) mass is 341 g/mol. The summed E-state index contributed by atoms with van der Waals surface area (Å²) < 4.78 is 0. The van der Waals surface area contributed by atoms with Crippen LogP contribution < -0.4 is 5.56 Å². The van der Waals surface area contributed by atoms with Gasteiger partial charge in [-0.05, 0) is 43.4 Å². The predicted molar refractivity (Wildman–Crippen MR) is 93.6 cm³/mol. The van der Waals surface area contributed by atoms with Crippen LogP contribution in [0.5, 0.6) is 0 Å². The third-order valence-electron chi connectivity index (χ3n) is 4.43. The van der Waals surface area contributed by atoms with Crippen LogP contribution in [0.2, 0.25) is 0 Å². The van der Waals surface area contributed by atoms with Crippen molar-refractivity contribution in [3.8, 4) is 11.4 Å². The third-order valence-corrected chi connectivity index (χ3v) is 5.61. The molecule has 1 aromatic carbocycles. The minimum absolute atomic E-state index is 0.0185. The maximum absolute atomic E-state index is 12.6. The van der Waals surface area contributed by atoms with Gasteiger partial charge in [0.25, 0.3) is 11.2 Å². The molecule has 1 N–H and O–H groups in total. The Balaban J connectivity index is 1.83. The number of aryl methyl sites for hydroxylation is 2. The summed E-state index contributed by atoms with van der Waals surface area (Å²) in [5.41, 5.74) is 1.73. The van der Waals surface area contributed by atoms with Crippen molar-refractivity contribution in [1.82, 2.24) is 9.97 Å². The fourth-order valence-electron chi connectivity index (χ4n) is 3.22. The molecule has 0 fully saturated rings. The van der Waals surface area contributed by atoms with Gasteiger partial charge in [0.2, 0.25) is 0 Å². The molecule has 0 radical (unpaired) electrons. The molecule has 3 aromatic rings. The highest BCUT2D eigenvalue weighted by atomic mass is 32.1. The highest BCUT2D eigenvalue weighted by molar-refractivity contribution is 7.18. The van der Waals surface area contributed by atoms with Gasteiger partial charge in [-0.1, -0.05) is 6.42 Å². The first kappa shape index (κ1) is 15.0. The summed E-state index contributed by atoms with van der Waals surface area (Å²) in [5.74, 6) is 0.457. The van der Waals surface area contributed by atoms with Crippen LogP contribution in [0.15, 0.2) is 29.1 Å². The molecule has 0 amide bonds. The maximum atomic E-state index is 12.6. The van der Waals surface area contributed by atoms with E-state index in [1.807, 2.05) is 0 Å². The summed E-state index contributed by atoms with van der Waals surface area (Å²) in [7, 11) is 0. The van der Waals surface area contributed by atoms with Crippen LogP contribution in [-0.2, 0) is 12.8 Å². The van der Waals surface area contributed by atoms with Crippen molar-refractivity contribution in [3.05, 3.63) is 55.2 Å². The molecule has 4 rings (SSSR count). The summed E-state index contributed by atoms with van der Waals surface area (Å²) >= 11 is 1.60. The zero-order chi connectivity index (χ0) is 16.7. The van der Waals surface area contributed by atoms with Crippen LogP contribution in [0.25, 0.3) is 21.6 Å². The molecular weight excluding hydrogens is 326 g/mol. The average Bonchev–Trinajstić information content (AvgIpc) is 2.77. The largest absolute Gasteiger partial charge is 0.306 e. The predicted octanol–water partition coefficient (Wildman–Crippen LogP) is 3.83. The summed E-state index contributed by atoms with van der Waals surface area (Å²) in [6.07, 6.45) is 5.43. The van der Waals surface area contributed by atoms with E-state index >= 15 is 0 Å². The quantitative estimate of drug-likeness (QED) is 0.436. The van der Waals surface area contributed by atoms with Crippen molar-refractivity contribution in [1.29, 1.82) is 0 Å². The standard InChI is InChI=1S/C17H15N3O3S/c21-16-14-12-4-2-1-3-5-13(12)24-17(14)19-15(18-16)10-6-8-11(9-7-10)20(22)23/h6-9H,1-5H2,(H,18,19,21). The van der Waals surface area contributed by atoms with Crippen LogP contribution in [0.3, 0.4) is 0 Å². The molecule has 0 bridgehead atoms. The van der Waals surface area contributed by atoms with E-state index in [2.05, 4.69) is 9.97 Å². The molecule has 122 valence electrons. The Morgan fingerprint density at radius 2 is 1.88 bits per heavy atom. The fourth-order valence-corrected chi connectivity index (χ4v) is 4.48. The lowest BCUT2D eigenvalue weighted by molar-refractivity contribution is -0.384. The summed E-state index contributed by atoms with van der Waals surface area (Å²) in [4.78, 5) is 32.4. The van der Waals surface area contributed by atoms with E-state index in [1.165, 1.54) is 23.4 Å². The number of H-pyrrole nitrogens is 1. The number of aromatic nitrogens is 2. The lowest BCUT2D eigenvalue weighted by atomic mass is 10.1. The molecule has 0 saturated heterocycles. The number of nitro groups is 1. The highest BCUT2D eigenvalue weighted by Gasteiger charge is 2.19. The van der Waals surface area contributed by atoms with E-state index in [0.29, 0.717) is 11.4 Å². The number of aromatic amines is 1. The summed E-state index contributed by atoms with van der Waals surface area (Å²) in [6.45, 7) is 0. The summed E-state index contributed by atoms with van der Waals surface area (Å²) in [5, 5.41) is 11.5. The first-order chi connectivity index (χ1) is 11.6. The number of non-ortho nitro benzene ring substituents is 1. The SMILES string of the molecule is O=c1[nH]c(-c2ccc([N+](=O)[O-])cc2)nc2sc3c(c12)CCCCC3. The van der Waals surface area contributed by atoms with Crippen LogP contribution in [-0.4, -0.2) is 14.9 Å². The average molecular weight is 341 g/mol. The molecule has 2 aromatic heterocycles. The number of hydrogen-bond donors (Lipinski definition) is 1. The van der Waals surface area contributed by atoms with Gasteiger partial charge in [-0.25, -0.2) is 4.98 Å². The molecule has 0 saturated carbocycles. The minimum Gasteiger partial charge on any atom is -0.306 e. The Hall–Kier alpha value is -2.54. The van der Waals surface area contributed by atoms with Gasteiger partial charge in [0.1, 0.15) is 10.7 Å². The smallest absolute Gasteiger partial charge is 0.269 e. The lowest BCUT2D eigenvalue weighted by Crippen LogP contribution is -2.10. The molecule has 6 nitrogen and oxygen atoms in total. The van der Waals surface area contributed by atoms with Gasteiger partial charge in [0, 0.05) is 22.6 Å². The van der Waals surface area contributed by atoms with Crippen molar-refractivity contribution in [3.63, 3.8) is 0 Å². The number of rotatable bonds is 2. The van der Waals surface area contributed by atoms with E-state index in [-0.39, 0.29) is 11.2 Å². The number of nitro benzene ring substituents is 1. The first-order valence-electron chi connectivity index (χ1n) is 7.93. The van der Waals surface area contributed by atoms with E-state index in [4.69, 9.17) is 0 Å². The van der Waals surface area contributed by atoms with Gasteiger partial charge < -0.3 is 4.98 Å². The molecular formula is C17H15N3O3S. The van der Waals surface area contributed by atoms with Crippen LogP contribution in [0.4, 0.5) is 5.69 Å². The van der Waals surface area contributed by atoms with Crippen molar-refractivity contribution in [2.75, 3.05) is 0 Å². The molecule has 2 heterocycles. The Morgan fingerprint density at radius 3 is 2.62 bits per heavy atom. The molecule has 1 aliphatic carbocycles. The zero-order valence-corrected chi connectivity index (χ0v) is 13.7. The fraction of sp³-hybridized carbons (Fsp3) is 0.294. The number of thiophene rings is 1. The Kier molecular flexibility index (Phi) is 3.65. The maximum Gasteiger partial charge on any atom is 0.269 e. The molecule has 0 spiro atoms. The molecule has 0 atom stereocenters. The van der Waals surface area contributed by atoms with E-state index in [1.54, 1.807) is 23.5 Å². The number of fused-ring (bicyclic) bond motifs is 3. The van der Waals surface area contributed by atoms with E-state index < -0.39 is 4.92 Å². The van der Waals surface area contributed by atoms with Gasteiger partial charge in [0.15, 0.2) is 0 Å². The Bertz CT molecular complexity index is 989. The number of nitrogens with one attached hydrogen (secondary N) is 1. The minimum atomic E-state index is -0.445. The van der Waals surface area contributed by atoms with Gasteiger partial charge in [-0.15, -0.1) is 11.3 Å². The molecule has 0 aliphatic heterocycles. The van der Waals surface area contributed by atoms with Crippen LogP contribution in [0, 0.1) is 10.1 Å². The number of benzene rings is 1. The van der Waals surface area contributed by atoms with Crippen LogP contribution >= 0.6 is 11.3 Å². The summed E-state index contributed by atoms with van der Waals surface area (Å²) in [6, 6.07) is 6.06. The van der Waals surface area contributed by atoms with Gasteiger partial charge in [-0.3, -0.25) is 14.9 Å². The zero-order valence-electron chi connectivity index (χ0n) is 12.9. The second-order valence-electron chi connectivity index (χ2n) is 5.96. The van der Waals surface area contributed by atoms with E-state index in [0.717, 1.165) is 41.5 Å². The normalized spacial score (nSPS) is 14.3. The number of nitrogens with zero attached hydrogens (tertiary/aromatic N) is 2. The van der Waals surface area contributed by atoms with E-state index in [9.17, 15) is 14.9 Å². The van der Waals surface area contributed by atoms with Crippen molar-refractivity contribution < 1.29 is 4.92 Å². The second kappa shape index (κ2) is 5.83. The molecule has 0 unspecified atom stereocenters. The molecule has 24 heavy (non-hydrogen) atoms. The lowest BCUT2D eigenvalue weighted by Gasteiger charge is -2.02. The van der Waals surface area contributed by atoms with Crippen molar-refractivity contribution >= 4 is 27.2 Å².